The summed E-state index contributed by atoms with van der Waals surface area (Å²) in [5, 5.41) is 15.9. The molecule has 3 rings (SSSR count). The quantitative estimate of drug-likeness (QED) is 0.295. The highest BCUT2D eigenvalue weighted by Gasteiger charge is 2.04. The number of aromatic nitrogens is 2. The third kappa shape index (κ3) is 4.29. The van der Waals surface area contributed by atoms with Crippen molar-refractivity contribution in [3.63, 3.8) is 0 Å². The highest BCUT2D eigenvalue weighted by Crippen LogP contribution is 2.20. The van der Waals surface area contributed by atoms with E-state index in [1.807, 2.05) is 24.3 Å². The molecule has 5 nitrogen and oxygen atoms in total. The lowest BCUT2D eigenvalue weighted by molar-refractivity contribution is 0.321. The fraction of sp³-hybridized carbons (Fsp3) is 0.211. The number of nitrogens with zero attached hydrogens (tertiary/aromatic N) is 3. The fourth-order valence-electron chi connectivity index (χ4n) is 2.69. The van der Waals surface area contributed by atoms with Crippen molar-refractivity contribution >= 4 is 22.8 Å². The Kier molecular flexibility index (Phi) is 5.51. The van der Waals surface area contributed by atoms with E-state index in [0.717, 1.165) is 54.3 Å². The number of benzene rings is 1. The van der Waals surface area contributed by atoms with Crippen molar-refractivity contribution in [3.8, 4) is 0 Å². The summed E-state index contributed by atoms with van der Waals surface area (Å²) in [6, 6.07) is 13.0. The smallest absolute Gasteiger partial charge is 0.150 e. The molecule has 0 fully saturated rings. The van der Waals surface area contributed by atoms with Gasteiger partial charge in [-0.2, -0.15) is 0 Å². The van der Waals surface area contributed by atoms with Crippen molar-refractivity contribution < 1.29 is 9.60 Å². The lowest BCUT2D eigenvalue weighted by Gasteiger charge is -2.09. The normalized spacial score (nSPS) is 11.2. The number of hydrogen-bond acceptors (Lipinski definition) is 5. The molecule has 1 aromatic carbocycles. The SMILES string of the molecule is O/N=C\c1nc(CCCCNc2ccnc3ccccc23)ccc1F. The second-order valence-electron chi connectivity index (χ2n) is 5.67. The molecule has 0 aliphatic carbocycles. The van der Waals surface area contributed by atoms with Gasteiger partial charge in [-0.05, 0) is 43.5 Å². The first kappa shape index (κ1) is 16.8. The Bertz CT molecular complexity index is 877. The summed E-state index contributed by atoms with van der Waals surface area (Å²) in [6.45, 7) is 0.833. The van der Waals surface area contributed by atoms with Crippen molar-refractivity contribution in [1.82, 2.24) is 9.97 Å². The maximum absolute atomic E-state index is 13.4. The minimum atomic E-state index is -0.493. The van der Waals surface area contributed by atoms with E-state index in [1.54, 1.807) is 12.3 Å². The molecule has 2 heterocycles. The van der Waals surface area contributed by atoms with Crippen LogP contribution in [0.5, 0.6) is 0 Å². The largest absolute Gasteiger partial charge is 0.411 e. The van der Waals surface area contributed by atoms with Crippen LogP contribution in [-0.2, 0) is 6.42 Å². The minimum Gasteiger partial charge on any atom is -0.411 e. The Balaban J connectivity index is 1.51. The van der Waals surface area contributed by atoms with E-state index in [1.165, 1.54) is 6.07 Å². The number of aryl methyl sites for hydroxylation is 1. The molecule has 0 spiro atoms. The van der Waals surface area contributed by atoms with Crippen LogP contribution < -0.4 is 5.32 Å². The topological polar surface area (TPSA) is 70.4 Å². The number of oxime groups is 1. The molecule has 6 heteroatoms. The van der Waals surface area contributed by atoms with Gasteiger partial charge in [0.05, 0.1) is 11.7 Å². The first-order valence-corrected chi connectivity index (χ1v) is 8.18. The lowest BCUT2D eigenvalue weighted by atomic mass is 10.1. The van der Waals surface area contributed by atoms with Crippen molar-refractivity contribution in [1.29, 1.82) is 0 Å². The van der Waals surface area contributed by atoms with Gasteiger partial charge >= 0.3 is 0 Å². The molecule has 0 aliphatic rings. The number of rotatable bonds is 7. The maximum Gasteiger partial charge on any atom is 0.150 e. The third-order valence-corrected chi connectivity index (χ3v) is 3.94. The van der Waals surface area contributed by atoms with Gasteiger partial charge in [-0.3, -0.25) is 4.98 Å². The predicted octanol–water partition coefficient (Wildman–Crippen LogP) is 4.01. The monoisotopic (exact) mass is 338 g/mol. The molecule has 2 N–H and O–H groups in total. The zero-order valence-corrected chi connectivity index (χ0v) is 13.7. The lowest BCUT2D eigenvalue weighted by Crippen LogP contribution is -2.04. The van der Waals surface area contributed by atoms with E-state index in [-0.39, 0.29) is 5.69 Å². The Morgan fingerprint density at radius 1 is 1.12 bits per heavy atom. The van der Waals surface area contributed by atoms with Crippen molar-refractivity contribution in [2.24, 2.45) is 5.16 Å². The number of nitrogens with one attached hydrogen (secondary N) is 1. The first-order chi connectivity index (χ1) is 12.3. The van der Waals surface area contributed by atoms with Gasteiger partial charge in [-0.25, -0.2) is 9.37 Å². The summed E-state index contributed by atoms with van der Waals surface area (Å²) < 4.78 is 13.4. The van der Waals surface area contributed by atoms with Crippen LogP contribution in [0.15, 0.2) is 53.8 Å². The van der Waals surface area contributed by atoms with Crippen LogP contribution in [0.4, 0.5) is 10.1 Å². The number of halogens is 1. The van der Waals surface area contributed by atoms with Crippen LogP contribution >= 0.6 is 0 Å². The summed E-state index contributed by atoms with van der Waals surface area (Å²) in [7, 11) is 0. The highest BCUT2D eigenvalue weighted by molar-refractivity contribution is 5.90. The molecule has 0 radical (unpaired) electrons. The van der Waals surface area contributed by atoms with E-state index in [4.69, 9.17) is 5.21 Å². The first-order valence-electron chi connectivity index (χ1n) is 8.18. The summed E-state index contributed by atoms with van der Waals surface area (Å²) >= 11 is 0. The average molecular weight is 338 g/mol. The van der Waals surface area contributed by atoms with Crippen LogP contribution in [0.1, 0.15) is 24.2 Å². The summed E-state index contributed by atoms with van der Waals surface area (Å²) in [6.07, 6.45) is 5.43. The number of anilines is 1. The van der Waals surface area contributed by atoms with Gasteiger partial charge in [0.2, 0.25) is 0 Å². The second-order valence-corrected chi connectivity index (χ2v) is 5.67. The molecule has 0 atom stereocenters. The maximum atomic E-state index is 13.4. The van der Waals surface area contributed by atoms with E-state index >= 15 is 0 Å². The van der Waals surface area contributed by atoms with Crippen LogP contribution in [-0.4, -0.2) is 27.9 Å². The number of pyridine rings is 2. The van der Waals surface area contributed by atoms with E-state index in [2.05, 4.69) is 26.5 Å². The number of unbranched alkanes of at least 4 members (excludes halogenated alkanes) is 1. The summed E-state index contributed by atoms with van der Waals surface area (Å²) in [5.41, 5.74) is 2.89. The van der Waals surface area contributed by atoms with Gasteiger partial charge in [0.1, 0.15) is 5.69 Å². The molecule has 25 heavy (non-hydrogen) atoms. The highest BCUT2D eigenvalue weighted by atomic mass is 19.1. The van der Waals surface area contributed by atoms with Gasteiger partial charge in [0.25, 0.3) is 0 Å². The van der Waals surface area contributed by atoms with Gasteiger partial charge in [-0.15, -0.1) is 0 Å². The van der Waals surface area contributed by atoms with Gasteiger partial charge in [0.15, 0.2) is 5.82 Å². The van der Waals surface area contributed by atoms with Crippen molar-refractivity contribution in [2.45, 2.75) is 19.3 Å². The van der Waals surface area contributed by atoms with E-state index < -0.39 is 5.82 Å². The molecule has 2 aromatic heterocycles. The molecule has 0 amide bonds. The van der Waals surface area contributed by atoms with Crippen LogP contribution in [0, 0.1) is 5.82 Å². The van der Waals surface area contributed by atoms with E-state index in [9.17, 15) is 4.39 Å². The predicted molar refractivity (Wildman–Crippen MR) is 96.7 cm³/mol. The molecular weight excluding hydrogens is 319 g/mol. The van der Waals surface area contributed by atoms with Crippen LogP contribution in [0.2, 0.25) is 0 Å². The molecular formula is C19H19FN4O. The number of hydrogen-bond donors (Lipinski definition) is 2. The average Bonchev–Trinajstić information content (AvgIpc) is 2.64. The number of fused-ring (bicyclic) bond motifs is 1. The third-order valence-electron chi connectivity index (χ3n) is 3.94. The van der Waals surface area contributed by atoms with Gasteiger partial charge in [-0.1, -0.05) is 23.4 Å². The molecule has 0 unspecified atom stereocenters. The summed E-state index contributed by atoms with van der Waals surface area (Å²) in [5.74, 6) is -0.493. The Morgan fingerprint density at radius 3 is 2.88 bits per heavy atom. The molecule has 0 aliphatic heterocycles. The molecule has 0 saturated carbocycles. The van der Waals surface area contributed by atoms with Gasteiger partial charge < -0.3 is 10.5 Å². The molecule has 128 valence electrons. The van der Waals surface area contributed by atoms with Gasteiger partial charge in [0, 0.05) is 29.5 Å². The van der Waals surface area contributed by atoms with Crippen LogP contribution in [0.3, 0.4) is 0 Å². The molecule has 0 saturated heterocycles. The fourth-order valence-corrected chi connectivity index (χ4v) is 2.69. The number of para-hydroxylation sites is 1. The zero-order valence-electron chi connectivity index (χ0n) is 13.7. The van der Waals surface area contributed by atoms with Crippen LogP contribution in [0.25, 0.3) is 10.9 Å². The van der Waals surface area contributed by atoms with Crippen molar-refractivity contribution in [2.75, 3.05) is 11.9 Å². The van der Waals surface area contributed by atoms with E-state index in [0.29, 0.717) is 0 Å². The molecule has 3 aromatic rings. The minimum absolute atomic E-state index is 0.0568. The zero-order chi connectivity index (χ0) is 17.5. The molecule has 0 bridgehead atoms. The van der Waals surface area contributed by atoms with Crippen molar-refractivity contribution in [3.05, 3.63) is 65.9 Å². The Hall–Kier alpha value is -3.02. The summed E-state index contributed by atoms with van der Waals surface area (Å²) in [4.78, 5) is 8.49. The Labute approximate surface area is 145 Å². The Morgan fingerprint density at radius 2 is 2.00 bits per heavy atom. The second kappa shape index (κ2) is 8.19. The standard InChI is InChI=1S/C19H19FN4O/c20-16-9-8-14(24-19(16)13-23-25)5-3-4-11-21-18-10-12-22-17-7-2-1-6-15(17)18/h1-2,6-10,12-13,25H,3-5,11H2,(H,21,22)/b23-13-.